The molecular weight excluding hydrogens is 367 g/mol. The van der Waals surface area contributed by atoms with E-state index in [2.05, 4.69) is 10.3 Å². The first-order valence-electron chi connectivity index (χ1n) is 8.72. The van der Waals surface area contributed by atoms with Gasteiger partial charge in [0.05, 0.1) is 11.3 Å². The van der Waals surface area contributed by atoms with Crippen molar-refractivity contribution in [3.05, 3.63) is 83.7 Å². The van der Waals surface area contributed by atoms with E-state index in [1.165, 1.54) is 36.5 Å². The molecule has 0 atom stereocenters. The van der Waals surface area contributed by atoms with Crippen molar-refractivity contribution in [3.8, 4) is 0 Å². The van der Waals surface area contributed by atoms with Gasteiger partial charge in [-0.3, -0.25) is 9.78 Å². The van der Waals surface area contributed by atoms with Crippen LogP contribution in [0.15, 0.2) is 66.9 Å². The molecule has 0 saturated heterocycles. The van der Waals surface area contributed by atoms with Crippen LogP contribution in [-0.4, -0.2) is 17.4 Å². The number of nitrogens with zero attached hydrogens (tertiary/aromatic N) is 2. The van der Waals surface area contributed by atoms with Crippen LogP contribution in [0.5, 0.6) is 0 Å². The number of carbonyl (C=O) groups is 1. The standard InChI is InChI=1S/C21H16F3N3O/c22-21(23,24)16-6-2-3-7-17(16)26-15-9-11-25-18(13-15)20(28)27-12-10-14-5-1-4-8-19(14)27/h1-9,11,13H,10,12H2,(H,25,26). The molecule has 4 nitrogen and oxygen atoms in total. The number of hydrogen-bond acceptors (Lipinski definition) is 3. The quantitative estimate of drug-likeness (QED) is 0.689. The zero-order valence-corrected chi connectivity index (χ0v) is 14.7. The second-order valence-corrected chi connectivity index (χ2v) is 6.43. The Balaban J connectivity index is 1.61. The maximum absolute atomic E-state index is 13.2. The van der Waals surface area contributed by atoms with Crippen molar-refractivity contribution >= 4 is 23.0 Å². The highest BCUT2D eigenvalue weighted by molar-refractivity contribution is 6.06. The minimum absolute atomic E-state index is 0.0777. The zero-order chi connectivity index (χ0) is 19.7. The number of hydrogen-bond donors (Lipinski definition) is 1. The van der Waals surface area contributed by atoms with Crippen molar-refractivity contribution in [3.63, 3.8) is 0 Å². The van der Waals surface area contributed by atoms with Crippen molar-refractivity contribution in [2.24, 2.45) is 0 Å². The Morgan fingerprint density at radius 3 is 2.61 bits per heavy atom. The smallest absolute Gasteiger partial charge is 0.355 e. The molecular formula is C21H16F3N3O. The van der Waals surface area contributed by atoms with Gasteiger partial charge in [-0.05, 0) is 42.3 Å². The van der Waals surface area contributed by atoms with Crippen LogP contribution in [-0.2, 0) is 12.6 Å². The maximum atomic E-state index is 13.2. The van der Waals surface area contributed by atoms with Crippen molar-refractivity contribution in [2.45, 2.75) is 12.6 Å². The molecule has 1 aromatic heterocycles. The van der Waals surface area contributed by atoms with Gasteiger partial charge >= 0.3 is 6.18 Å². The summed E-state index contributed by atoms with van der Waals surface area (Å²) in [5.41, 5.74) is 1.62. The highest BCUT2D eigenvalue weighted by atomic mass is 19.4. The number of fused-ring (bicyclic) bond motifs is 1. The zero-order valence-electron chi connectivity index (χ0n) is 14.7. The molecule has 0 radical (unpaired) electrons. The topological polar surface area (TPSA) is 45.2 Å². The molecule has 1 aliphatic rings. The molecule has 0 unspecified atom stereocenters. The van der Waals surface area contributed by atoms with Crippen LogP contribution >= 0.6 is 0 Å². The number of para-hydroxylation sites is 2. The van der Waals surface area contributed by atoms with E-state index in [1.54, 1.807) is 4.90 Å². The van der Waals surface area contributed by atoms with Gasteiger partial charge < -0.3 is 10.2 Å². The fourth-order valence-electron chi connectivity index (χ4n) is 3.31. The number of rotatable bonds is 3. The molecule has 0 fully saturated rings. The summed E-state index contributed by atoms with van der Waals surface area (Å²) in [4.78, 5) is 18.7. The Labute approximate surface area is 159 Å². The maximum Gasteiger partial charge on any atom is 0.418 e. The van der Waals surface area contributed by atoms with E-state index in [0.29, 0.717) is 12.2 Å². The van der Waals surface area contributed by atoms with E-state index in [-0.39, 0.29) is 17.3 Å². The van der Waals surface area contributed by atoms with Gasteiger partial charge in [-0.1, -0.05) is 30.3 Å². The monoisotopic (exact) mass is 383 g/mol. The molecule has 0 spiro atoms. The first kappa shape index (κ1) is 18.0. The average molecular weight is 383 g/mol. The largest absolute Gasteiger partial charge is 0.418 e. The molecule has 0 aliphatic carbocycles. The molecule has 28 heavy (non-hydrogen) atoms. The normalized spacial score (nSPS) is 13.3. The molecule has 0 bridgehead atoms. The lowest BCUT2D eigenvalue weighted by molar-refractivity contribution is -0.136. The van der Waals surface area contributed by atoms with Crippen molar-refractivity contribution in [2.75, 3.05) is 16.8 Å². The van der Waals surface area contributed by atoms with Crippen LogP contribution in [0.2, 0.25) is 0 Å². The SMILES string of the molecule is O=C(c1cc(Nc2ccccc2C(F)(F)F)ccn1)N1CCc2ccccc21. The summed E-state index contributed by atoms with van der Waals surface area (Å²) in [7, 11) is 0. The Morgan fingerprint density at radius 2 is 1.79 bits per heavy atom. The van der Waals surface area contributed by atoms with Crippen LogP contribution in [0.25, 0.3) is 0 Å². The number of halogens is 3. The van der Waals surface area contributed by atoms with E-state index in [1.807, 2.05) is 24.3 Å². The molecule has 1 amide bonds. The van der Waals surface area contributed by atoms with Gasteiger partial charge in [0, 0.05) is 24.1 Å². The Morgan fingerprint density at radius 1 is 1.04 bits per heavy atom. The summed E-state index contributed by atoms with van der Waals surface area (Å²) < 4.78 is 39.6. The minimum Gasteiger partial charge on any atom is -0.355 e. The van der Waals surface area contributed by atoms with E-state index in [4.69, 9.17) is 0 Å². The van der Waals surface area contributed by atoms with Gasteiger partial charge in [-0.25, -0.2) is 0 Å². The van der Waals surface area contributed by atoms with E-state index >= 15 is 0 Å². The summed E-state index contributed by atoms with van der Waals surface area (Å²) >= 11 is 0. The Hall–Kier alpha value is -3.35. The van der Waals surface area contributed by atoms with E-state index in [9.17, 15) is 18.0 Å². The number of carbonyl (C=O) groups excluding carboxylic acids is 1. The molecule has 3 aromatic rings. The van der Waals surface area contributed by atoms with Crippen LogP contribution in [0, 0.1) is 0 Å². The summed E-state index contributed by atoms with van der Waals surface area (Å²) in [5, 5.41) is 2.75. The summed E-state index contributed by atoms with van der Waals surface area (Å²) in [5.74, 6) is -0.280. The van der Waals surface area contributed by atoms with Gasteiger partial charge in [0.25, 0.3) is 5.91 Å². The lowest BCUT2D eigenvalue weighted by atomic mass is 10.1. The van der Waals surface area contributed by atoms with Crippen LogP contribution in [0.3, 0.4) is 0 Å². The molecule has 142 valence electrons. The molecule has 1 N–H and O–H groups in total. The predicted molar refractivity (Wildman–Crippen MR) is 101 cm³/mol. The Kier molecular flexibility index (Phi) is 4.50. The molecule has 2 aromatic carbocycles. The third kappa shape index (κ3) is 3.43. The lowest BCUT2D eigenvalue weighted by Gasteiger charge is -2.18. The van der Waals surface area contributed by atoms with Crippen LogP contribution in [0.1, 0.15) is 21.6 Å². The van der Waals surface area contributed by atoms with Gasteiger partial charge in [-0.15, -0.1) is 0 Å². The molecule has 4 rings (SSSR count). The van der Waals surface area contributed by atoms with Crippen molar-refractivity contribution in [1.82, 2.24) is 4.98 Å². The third-order valence-electron chi connectivity index (χ3n) is 4.62. The highest BCUT2D eigenvalue weighted by Crippen LogP contribution is 2.36. The van der Waals surface area contributed by atoms with Crippen LogP contribution < -0.4 is 10.2 Å². The number of pyridine rings is 1. The summed E-state index contributed by atoms with van der Waals surface area (Å²) in [6.45, 7) is 0.550. The highest BCUT2D eigenvalue weighted by Gasteiger charge is 2.33. The summed E-state index contributed by atoms with van der Waals surface area (Å²) in [6, 6.07) is 15.9. The van der Waals surface area contributed by atoms with Crippen molar-refractivity contribution < 1.29 is 18.0 Å². The van der Waals surface area contributed by atoms with Gasteiger partial charge in [-0.2, -0.15) is 13.2 Å². The number of anilines is 3. The molecule has 2 heterocycles. The van der Waals surface area contributed by atoms with E-state index in [0.717, 1.165) is 23.7 Å². The fourth-order valence-corrected chi connectivity index (χ4v) is 3.31. The number of benzene rings is 2. The van der Waals surface area contributed by atoms with Gasteiger partial charge in [0.2, 0.25) is 0 Å². The molecule has 0 saturated carbocycles. The number of alkyl halides is 3. The first-order chi connectivity index (χ1) is 13.4. The third-order valence-corrected chi connectivity index (χ3v) is 4.62. The lowest BCUT2D eigenvalue weighted by Crippen LogP contribution is -2.29. The number of aromatic nitrogens is 1. The van der Waals surface area contributed by atoms with Gasteiger partial charge in [0.15, 0.2) is 0 Å². The summed E-state index contributed by atoms with van der Waals surface area (Å²) in [6.07, 6.45) is -2.30. The minimum atomic E-state index is -4.48. The van der Waals surface area contributed by atoms with Crippen molar-refractivity contribution in [1.29, 1.82) is 0 Å². The number of nitrogens with one attached hydrogen (secondary N) is 1. The average Bonchev–Trinajstić information content (AvgIpc) is 3.11. The molecule has 1 aliphatic heterocycles. The molecule has 7 heteroatoms. The second kappa shape index (κ2) is 6.99. The predicted octanol–water partition coefficient (Wildman–Crippen LogP) is 5.05. The fraction of sp³-hybridized carbons (Fsp3) is 0.143. The number of amides is 1. The second-order valence-electron chi connectivity index (χ2n) is 6.43. The van der Waals surface area contributed by atoms with Crippen LogP contribution in [0.4, 0.5) is 30.2 Å². The van der Waals surface area contributed by atoms with Gasteiger partial charge in [0.1, 0.15) is 5.69 Å². The first-order valence-corrected chi connectivity index (χ1v) is 8.72. The Bertz CT molecular complexity index is 1030. The van der Waals surface area contributed by atoms with E-state index < -0.39 is 11.7 Å².